The molecule has 0 amide bonds. The summed E-state index contributed by atoms with van der Waals surface area (Å²) >= 11 is 0. The Morgan fingerprint density at radius 2 is 1.96 bits per heavy atom. The second-order valence-corrected chi connectivity index (χ2v) is 6.82. The third kappa shape index (κ3) is 7.63. The molecule has 140 valence electrons. The molecule has 3 N–H and O–H groups in total. The normalized spacial score (nSPS) is 12.9. The van der Waals surface area contributed by atoms with Crippen molar-refractivity contribution in [2.45, 2.75) is 52.5 Å². The SMILES string of the molecule is CN=C(NCCCc1nc2ccccc2[nH]1)NC(C)CCC(C)C.I. The van der Waals surface area contributed by atoms with Crippen LogP contribution in [0.5, 0.6) is 0 Å². The first-order valence-electron chi connectivity index (χ1n) is 8.99. The van der Waals surface area contributed by atoms with Crippen molar-refractivity contribution in [2.24, 2.45) is 10.9 Å². The van der Waals surface area contributed by atoms with Gasteiger partial charge in [0.2, 0.25) is 0 Å². The van der Waals surface area contributed by atoms with Gasteiger partial charge in [-0.1, -0.05) is 26.0 Å². The summed E-state index contributed by atoms with van der Waals surface area (Å²) in [4.78, 5) is 12.3. The van der Waals surface area contributed by atoms with Crippen LogP contribution in [0, 0.1) is 5.92 Å². The fourth-order valence-electron chi connectivity index (χ4n) is 2.67. The smallest absolute Gasteiger partial charge is 0.191 e. The molecule has 0 bridgehead atoms. The van der Waals surface area contributed by atoms with Gasteiger partial charge in [0.05, 0.1) is 11.0 Å². The summed E-state index contributed by atoms with van der Waals surface area (Å²) in [6, 6.07) is 8.59. The highest BCUT2D eigenvalue weighted by Crippen LogP contribution is 2.11. The van der Waals surface area contributed by atoms with Crippen molar-refractivity contribution in [3.63, 3.8) is 0 Å². The first kappa shape index (κ1) is 21.7. The zero-order valence-corrected chi connectivity index (χ0v) is 18.1. The molecule has 1 aromatic heterocycles. The van der Waals surface area contributed by atoms with E-state index in [9.17, 15) is 0 Å². The molecule has 5 nitrogen and oxygen atoms in total. The number of aromatic nitrogens is 2. The van der Waals surface area contributed by atoms with E-state index in [-0.39, 0.29) is 24.0 Å². The summed E-state index contributed by atoms with van der Waals surface area (Å²) in [6.45, 7) is 7.62. The van der Waals surface area contributed by atoms with Gasteiger partial charge < -0.3 is 15.6 Å². The minimum Gasteiger partial charge on any atom is -0.356 e. The Morgan fingerprint density at radius 1 is 1.20 bits per heavy atom. The topological polar surface area (TPSA) is 65.1 Å². The van der Waals surface area contributed by atoms with E-state index in [4.69, 9.17) is 0 Å². The maximum absolute atomic E-state index is 4.61. The molecule has 0 saturated heterocycles. The number of imidazole rings is 1. The standard InChI is InChI=1S/C19H31N5.HI/c1-14(2)11-12-15(3)22-19(20-4)21-13-7-10-18-23-16-8-5-6-9-17(16)24-18;/h5-6,8-9,14-15H,7,10-13H2,1-4H3,(H,23,24)(H2,20,21,22);1H. The minimum absolute atomic E-state index is 0. The molecule has 0 aliphatic carbocycles. The predicted octanol–water partition coefficient (Wildman–Crippen LogP) is 4.10. The number of guanidine groups is 1. The molecule has 1 atom stereocenters. The Kier molecular flexibility index (Phi) is 9.85. The monoisotopic (exact) mass is 457 g/mol. The molecule has 0 aliphatic rings. The van der Waals surface area contributed by atoms with E-state index < -0.39 is 0 Å². The molecule has 25 heavy (non-hydrogen) atoms. The van der Waals surface area contributed by atoms with Gasteiger partial charge in [-0.05, 0) is 44.2 Å². The van der Waals surface area contributed by atoms with Crippen molar-refractivity contribution >= 4 is 41.0 Å². The number of aromatic amines is 1. The zero-order chi connectivity index (χ0) is 17.4. The van der Waals surface area contributed by atoms with Crippen LogP contribution < -0.4 is 10.6 Å². The van der Waals surface area contributed by atoms with Crippen LogP contribution >= 0.6 is 24.0 Å². The number of nitrogens with one attached hydrogen (secondary N) is 3. The lowest BCUT2D eigenvalue weighted by Gasteiger charge is -2.18. The van der Waals surface area contributed by atoms with Gasteiger partial charge in [0, 0.05) is 26.1 Å². The Labute approximate surface area is 168 Å². The van der Waals surface area contributed by atoms with Crippen molar-refractivity contribution in [3.8, 4) is 0 Å². The van der Waals surface area contributed by atoms with Crippen LogP contribution in [0.3, 0.4) is 0 Å². The summed E-state index contributed by atoms with van der Waals surface area (Å²) in [5.74, 6) is 2.68. The molecule has 1 heterocycles. The molecule has 2 aromatic rings. The predicted molar refractivity (Wildman–Crippen MR) is 118 cm³/mol. The van der Waals surface area contributed by atoms with Crippen LogP contribution in [0.25, 0.3) is 11.0 Å². The molecule has 0 aliphatic heterocycles. The Balaban J connectivity index is 0.00000312. The molecular weight excluding hydrogens is 425 g/mol. The third-order valence-electron chi connectivity index (χ3n) is 4.10. The minimum atomic E-state index is 0. The number of H-pyrrole nitrogens is 1. The maximum Gasteiger partial charge on any atom is 0.191 e. The molecule has 0 fully saturated rings. The number of hydrogen-bond acceptors (Lipinski definition) is 2. The number of aliphatic imine (C=N–C) groups is 1. The Morgan fingerprint density at radius 3 is 2.64 bits per heavy atom. The van der Waals surface area contributed by atoms with Crippen LogP contribution in [0.4, 0.5) is 0 Å². The lowest BCUT2D eigenvalue weighted by Crippen LogP contribution is -2.42. The third-order valence-corrected chi connectivity index (χ3v) is 4.10. The van der Waals surface area contributed by atoms with E-state index >= 15 is 0 Å². The van der Waals surface area contributed by atoms with Crippen LogP contribution in [0.2, 0.25) is 0 Å². The van der Waals surface area contributed by atoms with E-state index in [0.717, 1.165) is 54.5 Å². The number of para-hydroxylation sites is 2. The van der Waals surface area contributed by atoms with E-state index in [1.165, 1.54) is 6.42 Å². The average molecular weight is 457 g/mol. The Hall–Kier alpha value is -1.31. The first-order valence-corrected chi connectivity index (χ1v) is 8.99. The largest absolute Gasteiger partial charge is 0.356 e. The first-order chi connectivity index (χ1) is 11.6. The number of rotatable bonds is 8. The lowest BCUT2D eigenvalue weighted by molar-refractivity contribution is 0.489. The summed E-state index contributed by atoms with van der Waals surface area (Å²) in [7, 11) is 1.82. The summed E-state index contributed by atoms with van der Waals surface area (Å²) in [6.07, 6.45) is 4.34. The fourth-order valence-corrected chi connectivity index (χ4v) is 2.67. The second-order valence-electron chi connectivity index (χ2n) is 6.82. The number of fused-ring (bicyclic) bond motifs is 1. The van der Waals surface area contributed by atoms with Gasteiger partial charge in [0.25, 0.3) is 0 Å². The quantitative estimate of drug-likeness (QED) is 0.242. The van der Waals surface area contributed by atoms with E-state index in [2.05, 4.69) is 52.4 Å². The molecule has 0 radical (unpaired) electrons. The maximum atomic E-state index is 4.61. The highest BCUT2D eigenvalue weighted by atomic mass is 127. The molecule has 1 unspecified atom stereocenters. The number of halogens is 1. The number of benzene rings is 1. The van der Waals surface area contributed by atoms with Crippen molar-refractivity contribution in [2.75, 3.05) is 13.6 Å². The van der Waals surface area contributed by atoms with Gasteiger partial charge in [0.1, 0.15) is 5.82 Å². The van der Waals surface area contributed by atoms with E-state index in [1.807, 2.05) is 25.2 Å². The zero-order valence-electron chi connectivity index (χ0n) is 15.8. The molecular formula is C19H32IN5. The molecule has 1 aromatic carbocycles. The van der Waals surface area contributed by atoms with E-state index in [1.54, 1.807) is 0 Å². The van der Waals surface area contributed by atoms with Crippen molar-refractivity contribution < 1.29 is 0 Å². The molecule has 2 rings (SSSR count). The number of nitrogens with zero attached hydrogens (tertiary/aromatic N) is 2. The lowest BCUT2D eigenvalue weighted by atomic mass is 10.0. The van der Waals surface area contributed by atoms with Crippen molar-refractivity contribution in [1.29, 1.82) is 0 Å². The van der Waals surface area contributed by atoms with Crippen LogP contribution in [0.15, 0.2) is 29.3 Å². The summed E-state index contributed by atoms with van der Waals surface area (Å²) in [5, 5.41) is 6.85. The van der Waals surface area contributed by atoms with Gasteiger partial charge in [-0.25, -0.2) is 4.98 Å². The number of aryl methyl sites for hydroxylation is 1. The highest BCUT2D eigenvalue weighted by Gasteiger charge is 2.06. The molecule has 0 spiro atoms. The molecule has 6 heteroatoms. The average Bonchev–Trinajstić information content (AvgIpc) is 2.98. The fraction of sp³-hybridized carbons (Fsp3) is 0.579. The highest BCUT2D eigenvalue weighted by molar-refractivity contribution is 14.0. The summed E-state index contributed by atoms with van der Waals surface area (Å²) in [5.41, 5.74) is 2.15. The second kappa shape index (κ2) is 11.3. The van der Waals surface area contributed by atoms with Crippen LogP contribution in [-0.4, -0.2) is 35.6 Å². The van der Waals surface area contributed by atoms with Gasteiger partial charge in [-0.2, -0.15) is 0 Å². The summed E-state index contributed by atoms with van der Waals surface area (Å²) < 4.78 is 0. The number of hydrogen-bond donors (Lipinski definition) is 3. The van der Waals surface area contributed by atoms with Gasteiger partial charge in [-0.3, -0.25) is 4.99 Å². The van der Waals surface area contributed by atoms with Crippen molar-refractivity contribution in [3.05, 3.63) is 30.1 Å². The van der Waals surface area contributed by atoms with Crippen LogP contribution in [0.1, 0.15) is 45.9 Å². The van der Waals surface area contributed by atoms with Gasteiger partial charge >= 0.3 is 0 Å². The van der Waals surface area contributed by atoms with Crippen LogP contribution in [-0.2, 0) is 6.42 Å². The van der Waals surface area contributed by atoms with Gasteiger partial charge in [0.15, 0.2) is 5.96 Å². The molecule has 0 saturated carbocycles. The Bertz CT molecular complexity index is 617. The van der Waals surface area contributed by atoms with Crippen molar-refractivity contribution in [1.82, 2.24) is 20.6 Å². The van der Waals surface area contributed by atoms with E-state index in [0.29, 0.717) is 6.04 Å². The van der Waals surface area contributed by atoms with Gasteiger partial charge in [-0.15, -0.1) is 24.0 Å².